The van der Waals surface area contributed by atoms with Gasteiger partial charge in [0.25, 0.3) is 0 Å². The monoisotopic (exact) mass is 289 g/mol. The van der Waals surface area contributed by atoms with Crippen LogP contribution in [0.15, 0.2) is 18.2 Å². The van der Waals surface area contributed by atoms with Crippen LogP contribution in [0.1, 0.15) is 50.7 Å². The Bertz CT molecular complexity index is 549. The van der Waals surface area contributed by atoms with Gasteiger partial charge in [-0.05, 0) is 48.3 Å². The van der Waals surface area contributed by atoms with Crippen LogP contribution in [-0.2, 0) is 22.4 Å². The summed E-state index contributed by atoms with van der Waals surface area (Å²) in [6.07, 6.45) is 4.27. The molecule has 1 heterocycles. The summed E-state index contributed by atoms with van der Waals surface area (Å²) in [4.78, 5) is 22.4. The van der Waals surface area contributed by atoms with E-state index in [0.717, 1.165) is 31.4 Å². The number of carbonyl (C=O) groups is 2. The summed E-state index contributed by atoms with van der Waals surface area (Å²) in [7, 11) is 0. The average Bonchev–Trinajstić information content (AvgIpc) is 2.55. The van der Waals surface area contributed by atoms with E-state index in [1.165, 1.54) is 11.1 Å². The van der Waals surface area contributed by atoms with Crippen molar-refractivity contribution >= 4 is 17.6 Å². The summed E-state index contributed by atoms with van der Waals surface area (Å²) in [5.41, 5.74) is 3.12. The lowest BCUT2D eigenvalue weighted by Crippen LogP contribution is -2.17. The molecule has 0 aliphatic carbocycles. The minimum absolute atomic E-state index is 0.0871. The van der Waals surface area contributed by atoms with Gasteiger partial charge in [0.1, 0.15) is 0 Å². The molecule has 0 aromatic heterocycles. The fraction of sp³-hybridized carbons (Fsp3) is 0.529. The molecule has 2 rings (SSSR count). The molecule has 0 saturated heterocycles. The number of fused-ring (bicyclic) bond motifs is 1. The fourth-order valence-electron chi connectivity index (χ4n) is 2.76. The van der Waals surface area contributed by atoms with Gasteiger partial charge in [-0.25, -0.2) is 0 Å². The normalized spacial score (nSPS) is 15.0. The van der Waals surface area contributed by atoms with Crippen molar-refractivity contribution in [3.05, 3.63) is 29.3 Å². The third kappa shape index (κ3) is 4.59. The van der Waals surface area contributed by atoms with Gasteiger partial charge in [0.05, 0.1) is 6.42 Å². The molecule has 114 valence electrons. The standard InChI is InChI=1S/C17H23NO3/c1-17(2,11-16(20)21)9-8-12-6-7-14-13(10-12)4-3-5-15(19)18-14/h6-7,10H,3-5,8-9,11H2,1-2H3,(H,18,19)(H,20,21). The Hall–Kier alpha value is -1.84. The maximum Gasteiger partial charge on any atom is 0.303 e. The van der Waals surface area contributed by atoms with E-state index in [2.05, 4.69) is 11.4 Å². The predicted molar refractivity (Wildman–Crippen MR) is 82.4 cm³/mol. The third-order valence-corrected chi connectivity index (χ3v) is 4.01. The topological polar surface area (TPSA) is 66.4 Å². The van der Waals surface area contributed by atoms with Crippen LogP contribution in [0, 0.1) is 5.41 Å². The fourth-order valence-corrected chi connectivity index (χ4v) is 2.76. The van der Waals surface area contributed by atoms with E-state index in [1.54, 1.807) is 0 Å². The first-order valence-electron chi connectivity index (χ1n) is 7.49. The largest absolute Gasteiger partial charge is 0.481 e. The quantitative estimate of drug-likeness (QED) is 0.873. The van der Waals surface area contributed by atoms with Gasteiger partial charge in [0, 0.05) is 12.1 Å². The molecule has 0 fully saturated rings. The summed E-state index contributed by atoms with van der Waals surface area (Å²) in [6, 6.07) is 6.15. The van der Waals surface area contributed by atoms with Crippen molar-refractivity contribution in [1.29, 1.82) is 0 Å². The lowest BCUT2D eigenvalue weighted by molar-refractivity contribution is -0.139. The van der Waals surface area contributed by atoms with Gasteiger partial charge < -0.3 is 10.4 Å². The van der Waals surface area contributed by atoms with E-state index in [0.29, 0.717) is 6.42 Å². The van der Waals surface area contributed by atoms with Crippen LogP contribution in [0.2, 0.25) is 0 Å². The molecule has 1 amide bonds. The number of hydrogen-bond donors (Lipinski definition) is 2. The Kier molecular flexibility index (Phi) is 4.66. The predicted octanol–water partition coefficient (Wildman–Crippen LogP) is 3.39. The lowest BCUT2D eigenvalue weighted by Gasteiger charge is -2.22. The molecule has 0 atom stereocenters. The minimum Gasteiger partial charge on any atom is -0.481 e. The number of nitrogens with one attached hydrogen (secondary N) is 1. The van der Waals surface area contributed by atoms with Crippen molar-refractivity contribution < 1.29 is 14.7 Å². The number of aliphatic carboxylic acids is 1. The number of carboxylic acid groups (broad SMARTS) is 1. The Morgan fingerprint density at radius 1 is 1.33 bits per heavy atom. The van der Waals surface area contributed by atoms with Gasteiger partial charge in [0.15, 0.2) is 0 Å². The number of benzene rings is 1. The molecule has 0 spiro atoms. The van der Waals surface area contributed by atoms with E-state index < -0.39 is 5.97 Å². The number of amides is 1. The maximum atomic E-state index is 11.5. The number of aryl methyl sites for hydroxylation is 2. The van der Waals surface area contributed by atoms with Crippen LogP contribution in [0.4, 0.5) is 5.69 Å². The SMILES string of the molecule is CC(C)(CCc1ccc2c(c1)CCCC(=O)N2)CC(=O)O. The van der Waals surface area contributed by atoms with Crippen molar-refractivity contribution in [2.75, 3.05) is 5.32 Å². The molecule has 4 nitrogen and oxygen atoms in total. The van der Waals surface area contributed by atoms with Crippen molar-refractivity contribution in [3.8, 4) is 0 Å². The van der Waals surface area contributed by atoms with Crippen LogP contribution in [0.5, 0.6) is 0 Å². The van der Waals surface area contributed by atoms with Gasteiger partial charge in [-0.3, -0.25) is 9.59 Å². The Morgan fingerprint density at radius 2 is 2.10 bits per heavy atom. The van der Waals surface area contributed by atoms with E-state index >= 15 is 0 Å². The highest BCUT2D eigenvalue weighted by atomic mass is 16.4. The highest BCUT2D eigenvalue weighted by Crippen LogP contribution is 2.29. The van der Waals surface area contributed by atoms with Crippen LogP contribution in [0.25, 0.3) is 0 Å². The first-order chi connectivity index (χ1) is 9.85. The first kappa shape index (κ1) is 15.5. The molecule has 1 aromatic carbocycles. The smallest absolute Gasteiger partial charge is 0.303 e. The summed E-state index contributed by atoms with van der Waals surface area (Å²) in [6.45, 7) is 3.98. The van der Waals surface area contributed by atoms with Gasteiger partial charge in [-0.15, -0.1) is 0 Å². The number of rotatable bonds is 5. The molecular formula is C17H23NO3. The van der Waals surface area contributed by atoms with Crippen LogP contribution >= 0.6 is 0 Å². The van der Waals surface area contributed by atoms with Gasteiger partial charge in [0.2, 0.25) is 5.91 Å². The first-order valence-corrected chi connectivity index (χ1v) is 7.49. The van der Waals surface area contributed by atoms with E-state index in [1.807, 2.05) is 26.0 Å². The minimum atomic E-state index is -0.746. The highest BCUT2D eigenvalue weighted by Gasteiger charge is 2.21. The molecule has 1 aromatic rings. The maximum absolute atomic E-state index is 11.5. The number of carboxylic acids is 1. The van der Waals surface area contributed by atoms with Crippen molar-refractivity contribution in [2.45, 2.75) is 52.4 Å². The Morgan fingerprint density at radius 3 is 2.81 bits per heavy atom. The summed E-state index contributed by atoms with van der Waals surface area (Å²) < 4.78 is 0. The molecule has 0 bridgehead atoms. The molecule has 1 aliphatic heterocycles. The molecule has 0 radical (unpaired) electrons. The zero-order valence-electron chi connectivity index (χ0n) is 12.7. The Labute approximate surface area is 125 Å². The van der Waals surface area contributed by atoms with E-state index in [-0.39, 0.29) is 17.7 Å². The van der Waals surface area contributed by atoms with Gasteiger partial charge in [-0.1, -0.05) is 26.0 Å². The van der Waals surface area contributed by atoms with Crippen molar-refractivity contribution in [2.24, 2.45) is 5.41 Å². The van der Waals surface area contributed by atoms with Gasteiger partial charge in [-0.2, -0.15) is 0 Å². The molecular weight excluding hydrogens is 266 g/mol. The summed E-state index contributed by atoms with van der Waals surface area (Å²) in [5, 5.41) is 11.9. The van der Waals surface area contributed by atoms with Crippen LogP contribution < -0.4 is 5.32 Å². The average molecular weight is 289 g/mol. The van der Waals surface area contributed by atoms with Gasteiger partial charge >= 0.3 is 5.97 Å². The molecule has 1 aliphatic rings. The summed E-state index contributed by atoms with van der Waals surface area (Å²) in [5.74, 6) is -0.659. The molecule has 0 unspecified atom stereocenters. The van der Waals surface area contributed by atoms with Crippen LogP contribution in [0.3, 0.4) is 0 Å². The molecule has 21 heavy (non-hydrogen) atoms. The van der Waals surface area contributed by atoms with Crippen LogP contribution in [-0.4, -0.2) is 17.0 Å². The highest BCUT2D eigenvalue weighted by molar-refractivity contribution is 5.92. The second kappa shape index (κ2) is 6.29. The number of anilines is 1. The summed E-state index contributed by atoms with van der Waals surface area (Å²) >= 11 is 0. The molecule has 0 saturated carbocycles. The zero-order chi connectivity index (χ0) is 15.5. The second-order valence-corrected chi connectivity index (χ2v) is 6.63. The third-order valence-electron chi connectivity index (χ3n) is 4.01. The zero-order valence-corrected chi connectivity index (χ0v) is 12.7. The van der Waals surface area contributed by atoms with E-state index in [4.69, 9.17) is 5.11 Å². The number of carbonyl (C=O) groups excluding carboxylic acids is 1. The Balaban J connectivity index is 2.04. The van der Waals surface area contributed by atoms with E-state index in [9.17, 15) is 9.59 Å². The van der Waals surface area contributed by atoms with Crippen molar-refractivity contribution in [3.63, 3.8) is 0 Å². The lowest BCUT2D eigenvalue weighted by atomic mass is 9.83. The molecule has 4 heteroatoms. The molecule has 2 N–H and O–H groups in total. The van der Waals surface area contributed by atoms with Crippen molar-refractivity contribution in [1.82, 2.24) is 0 Å². The second-order valence-electron chi connectivity index (χ2n) is 6.63. The number of hydrogen-bond acceptors (Lipinski definition) is 2.